The molecular formula is C8H15NO3. The van der Waals surface area contributed by atoms with Crippen LogP contribution in [0.5, 0.6) is 0 Å². The first kappa shape index (κ1) is 9.48. The summed E-state index contributed by atoms with van der Waals surface area (Å²) in [4.78, 5) is 16.0. The highest BCUT2D eigenvalue weighted by molar-refractivity contribution is 5.80. The zero-order valence-electron chi connectivity index (χ0n) is 7.50. The second-order valence-electron chi connectivity index (χ2n) is 3.13. The molecule has 1 N–H and O–H groups in total. The Bertz CT molecular complexity index is 160. The van der Waals surface area contributed by atoms with Gasteiger partial charge in [-0.05, 0) is 12.3 Å². The van der Waals surface area contributed by atoms with Crippen LogP contribution in [0.15, 0.2) is 0 Å². The Morgan fingerprint density at radius 1 is 1.58 bits per heavy atom. The van der Waals surface area contributed by atoms with E-state index < -0.39 is 0 Å². The van der Waals surface area contributed by atoms with Gasteiger partial charge in [0.1, 0.15) is 0 Å². The van der Waals surface area contributed by atoms with Gasteiger partial charge < -0.3 is 4.74 Å². The Morgan fingerprint density at radius 3 is 2.75 bits per heavy atom. The lowest BCUT2D eigenvalue weighted by atomic mass is 10.3. The summed E-state index contributed by atoms with van der Waals surface area (Å²) in [7, 11) is 1.59. The van der Waals surface area contributed by atoms with Crippen LogP contribution in [-0.4, -0.2) is 26.2 Å². The molecule has 1 amide bonds. The maximum absolute atomic E-state index is 11.1. The highest BCUT2D eigenvalue weighted by Gasteiger charge is 2.39. The van der Waals surface area contributed by atoms with Gasteiger partial charge in [-0.15, -0.1) is 0 Å². The largest absolute Gasteiger partial charge is 0.382 e. The lowest BCUT2D eigenvalue weighted by molar-refractivity contribution is -0.136. The third-order valence-corrected chi connectivity index (χ3v) is 2.01. The van der Waals surface area contributed by atoms with Crippen LogP contribution >= 0.6 is 0 Å². The Morgan fingerprint density at radius 2 is 2.25 bits per heavy atom. The Balaban J connectivity index is 1.96. The van der Waals surface area contributed by atoms with Gasteiger partial charge in [0.25, 0.3) is 0 Å². The van der Waals surface area contributed by atoms with E-state index >= 15 is 0 Å². The highest BCUT2D eigenvalue weighted by Crippen LogP contribution is 2.37. The molecule has 2 atom stereocenters. The molecule has 1 aliphatic carbocycles. The standard InChI is InChI=1S/C8H15NO3/c1-6-5-7(6)8(10)9-12-4-3-11-2/h6-7H,3-5H2,1-2H3,(H,9,10). The number of nitrogens with one attached hydrogen (secondary N) is 1. The van der Waals surface area contributed by atoms with Gasteiger partial charge in [-0.25, -0.2) is 5.48 Å². The molecule has 2 unspecified atom stereocenters. The maximum Gasteiger partial charge on any atom is 0.246 e. The predicted octanol–water partition coefficient (Wildman–Crippen LogP) is 0.337. The summed E-state index contributed by atoms with van der Waals surface area (Å²) < 4.78 is 4.74. The van der Waals surface area contributed by atoms with Crippen LogP contribution in [0.1, 0.15) is 13.3 Å². The van der Waals surface area contributed by atoms with E-state index in [1.165, 1.54) is 0 Å². The Labute approximate surface area is 72.2 Å². The van der Waals surface area contributed by atoms with Gasteiger partial charge in [-0.2, -0.15) is 0 Å². The van der Waals surface area contributed by atoms with Crippen LogP contribution in [0.3, 0.4) is 0 Å². The second-order valence-corrected chi connectivity index (χ2v) is 3.13. The number of hydroxylamine groups is 1. The number of carbonyl (C=O) groups excluding carboxylic acids is 1. The molecule has 0 spiro atoms. The van der Waals surface area contributed by atoms with E-state index in [0.717, 1.165) is 6.42 Å². The summed E-state index contributed by atoms with van der Waals surface area (Å²) >= 11 is 0. The zero-order valence-corrected chi connectivity index (χ0v) is 7.50. The second kappa shape index (κ2) is 4.42. The number of rotatable bonds is 5. The summed E-state index contributed by atoms with van der Waals surface area (Å²) in [6.07, 6.45) is 0.986. The normalized spacial score (nSPS) is 26.8. The first-order chi connectivity index (χ1) is 5.75. The highest BCUT2D eigenvalue weighted by atomic mass is 16.7. The number of hydrogen-bond acceptors (Lipinski definition) is 3. The van der Waals surface area contributed by atoms with Crippen molar-refractivity contribution in [2.45, 2.75) is 13.3 Å². The molecule has 0 aliphatic heterocycles. The molecule has 0 bridgehead atoms. The van der Waals surface area contributed by atoms with Gasteiger partial charge >= 0.3 is 0 Å². The molecule has 0 aromatic rings. The molecule has 1 rings (SSSR count). The third-order valence-electron chi connectivity index (χ3n) is 2.01. The van der Waals surface area contributed by atoms with Crippen LogP contribution in [0.4, 0.5) is 0 Å². The summed E-state index contributed by atoms with van der Waals surface area (Å²) in [6.45, 7) is 2.96. The zero-order chi connectivity index (χ0) is 8.97. The monoisotopic (exact) mass is 173 g/mol. The molecule has 1 saturated carbocycles. The van der Waals surface area contributed by atoms with Crippen LogP contribution in [0, 0.1) is 11.8 Å². The van der Waals surface area contributed by atoms with Crippen LogP contribution in [-0.2, 0) is 14.4 Å². The van der Waals surface area contributed by atoms with Crippen molar-refractivity contribution in [2.75, 3.05) is 20.3 Å². The summed E-state index contributed by atoms with van der Waals surface area (Å²) in [6, 6.07) is 0. The molecule has 4 heteroatoms. The first-order valence-electron chi connectivity index (χ1n) is 4.16. The molecule has 4 nitrogen and oxygen atoms in total. The van der Waals surface area contributed by atoms with E-state index in [0.29, 0.717) is 19.1 Å². The van der Waals surface area contributed by atoms with Crippen molar-refractivity contribution in [1.29, 1.82) is 0 Å². The van der Waals surface area contributed by atoms with Gasteiger partial charge in [0, 0.05) is 13.0 Å². The van der Waals surface area contributed by atoms with Crippen molar-refractivity contribution in [3.8, 4) is 0 Å². The van der Waals surface area contributed by atoms with E-state index in [9.17, 15) is 4.79 Å². The lowest BCUT2D eigenvalue weighted by Gasteiger charge is -2.03. The topological polar surface area (TPSA) is 47.6 Å². The fraction of sp³-hybridized carbons (Fsp3) is 0.875. The fourth-order valence-corrected chi connectivity index (χ4v) is 1.01. The van der Waals surface area contributed by atoms with Gasteiger partial charge in [0.2, 0.25) is 5.91 Å². The molecule has 0 saturated heterocycles. The average molecular weight is 173 g/mol. The number of carbonyl (C=O) groups is 1. The first-order valence-corrected chi connectivity index (χ1v) is 4.16. The van der Waals surface area contributed by atoms with Gasteiger partial charge in [0.05, 0.1) is 13.2 Å². The number of amides is 1. The van der Waals surface area contributed by atoms with E-state index in [2.05, 4.69) is 12.4 Å². The minimum atomic E-state index is -0.00129. The molecule has 1 fully saturated rings. The number of ether oxygens (including phenoxy) is 1. The van der Waals surface area contributed by atoms with E-state index in [4.69, 9.17) is 9.57 Å². The summed E-state index contributed by atoms with van der Waals surface area (Å²) in [5.41, 5.74) is 2.39. The van der Waals surface area contributed by atoms with Crippen molar-refractivity contribution < 1.29 is 14.4 Å². The van der Waals surface area contributed by atoms with Crippen molar-refractivity contribution >= 4 is 5.91 Å². The van der Waals surface area contributed by atoms with Crippen molar-refractivity contribution in [1.82, 2.24) is 5.48 Å². The predicted molar refractivity (Wildman–Crippen MR) is 43.2 cm³/mol. The molecule has 12 heavy (non-hydrogen) atoms. The van der Waals surface area contributed by atoms with E-state index in [-0.39, 0.29) is 11.8 Å². The average Bonchev–Trinajstić information content (AvgIpc) is 2.76. The smallest absolute Gasteiger partial charge is 0.246 e. The molecule has 70 valence electrons. The molecule has 0 radical (unpaired) electrons. The molecule has 0 aromatic heterocycles. The third kappa shape index (κ3) is 2.79. The number of methoxy groups -OCH3 is 1. The Hall–Kier alpha value is -0.610. The number of hydrogen-bond donors (Lipinski definition) is 1. The van der Waals surface area contributed by atoms with Crippen LogP contribution in [0.25, 0.3) is 0 Å². The molecule has 0 heterocycles. The minimum Gasteiger partial charge on any atom is -0.382 e. The molecular weight excluding hydrogens is 158 g/mol. The summed E-state index contributed by atoms with van der Waals surface area (Å²) in [5, 5.41) is 0. The minimum absolute atomic E-state index is 0.00129. The van der Waals surface area contributed by atoms with Gasteiger partial charge in [-0.1, -0.05) is 6.92 Å². The van der Waals surface area contributed by atoms with Crippen molar-refractivity contribution in [2.24, 2.45) is 11.8 Å². The van der Waals surface area contributed by atoms with Crippen LogP contribution in [0.2, 0.25) is 0 Å². The van der Waals surface area contributed by atoms with E-state index in [1.807, 2.05) is 0 Å². The fourth-order valence-electron chi connectivity index (χ4n) is 1.01. The maximum atomic E-state index is 11.1. The quantitative estimate of drug-likeness (QED) is 0.481. The summed E-state index contributed by atoms with van der Waals surface area (Å²) in [5.74, 6) is 0.696. The van der Waals surface area contributed by atoms with Gasteiger partial charge in [0.15, 0.2) is 0 Å². The SMILES string of the molecule is COCCONC(=O)C1CC1C. The Kier molecular flexibility index (Phi) is 3.49. The van der Waals surface area contributed by atoms with E-state index in [1.54, 1.807) is 7.11 Å². The van der Waals surface area contributed by atoms with Crippen LogP contribution < -0.4 is 5.48 Å². The van der Waals surface area contributed by atoms with Gasteiger partial charge in [-0.3, -0.25) is 9.63 Å². The van der Waals surface area contributed by atoms with Crippen molar-refractivity contribution in [3.05, 3.63) is 0 Å². The van der Waals surface area contributed by atoms with Crippen molar-refractivity contribution in [3.63, 3.8) is 0 Å². The molecule has 1 aliphatic rings. The lowest BCUT2D eigenvalue weighted by Crippen LogP contribution is -2.27. The molecule has 0 aromatic carbocycles.